The van der Waals surface area contributed by atoms with Crippen LogP contribution < -0.4 is 5.73 Å². The normalized spacial score (nSPS) is 12.1. The topological polar surface area (TPSA) is 43.8 Å². The van der Waals surface area contributed by atoms with Crippen LogP contribution in [0, 0.1) is 0 Å². The van der Waals surface area contributed by atoms with Gasteiger partial charge >= 0.3 is 6.18 Å². The third-order valence-corrected chi connectivity index (χ3v) is 1.97. The maximum Gasteiger partial charge on any atom is 0.449 e. The molecule has 0 aliphatic rings. The number of aromatic nitrogens is 2. The van der Waals surface area contributed by atoms with Gasteiger partial charge in [-0.1, -0.05) is 0 Å². The predicted molar refractivity (Wildman–Crippen MR) is 45.6 cm³/mol. The molecular weight excluding hydrogens is 195 g/mol. The fraction of sp³-hybridized carbons (Fsp3) is 0.625. The molecular formula is C8H12F3N3. The van der Waals surface area contributed by atoms with E-state index in [-0.39, 0.29) is 0 Å². The van der Waals surface area contributed by atoms with Crippen molar-refractivity contribution in [1.29, 1.82) is 0 Å². The van der Waals surface area contributed by atoms with Crippen molar-refractivity contribution in [2.45, 2.75) is 19.0 Å². The first kappa shape index (κ1) is 11.0. The molecule has 0 unspecified atom stereocenters. The Balaban J connectivity index is 2.86. The number of alkyl halides is 3. The van der Waals surface area contributed by atoms with E-state index in [4.69, 9.17) is 5.73 Å². The summed E-state index contributed by atoms with van der Waals surface area (Å²) in [5.74, 6) is -0.857. The van der Waals surface area contributed by atoms with Crippen molar-refractivity contribution < 1.29 is 13.2 Å². The number of hydrogen-bond acceptors (Lipinski definition) is 2. The zero-order valence-corrected chi connectivity index (χ0v) is 7.80. The molecule has 14 heavy (non-hydrogen) atoms. The summed E-state index contributed by atoms with van der Waals surface area (Å²) in [5.41, 5.74) is 5.83. The Labute approximate surface area is 79.7 Å². The third-order valence-electron chi connectivity index (χ3n) is 1.97. The maximum atomic E-state index is 12.3. The fourth-order valence-corrected chi connectivity index (χ4v) is 1.22. The van der Waals surface area contributed by atoms with Gasteiger partial charge in [-0.25, -0.2) is 4.98 Å². The Kier molecular flexibility index (Phi) is 3.15. The Morgan fingerprint density at radius 1 is 1.50 bits per heavy atom. The first-order valence-corrected chi connectivity index (χ1v) is 4.24. The van der Waals surface area contributed by atoms with Crippen molar-refractivity contribution in [3.63, 3.8) is 0 Å². The van der Waals surface area contributed by atoms with Crippen LogP contribution in [0.5, 0.6) is 0 Å². The van der Waals surface area contributed by atoms with Gasteiger partial charge < -0.3 is 10.3 Å². The van der Waals surface area contributed by atoms with Gasteiger partial charge in [0.2, 0.25) is 5.82 Å². The molecule has 0 aliphatic heterocycles. The van der Waals surface area contributed by atoms with Crippen LogP contribution in [0.2, 0.25) is 0 Å². The molecule has 0 amide bonds. The van der Waals surface area contributed by atoms with Gasteiger partial charge in [0.15, 0.2) is 0 Å². The van der Waals surface area contributed by atoms with Crippen molar-refractivity contribution >= 4 is 0 Å². The van der Waals surface area contributed by atoms with Crippen molar-refractivity contribution in [3.05, 3.63) is 17.7 Å². The quantitative estimate of drug-likeness (QED) is 0.812. The van der Waals surface area contributed by atoms with Crippen LogP contribution >= 0.6 is 0 Å². The van der Waals surface area contributed by atoms with E-state index in [1.807, 2.05) is 0 Å². The van der Waals surface area contributed by atoms with Crippen LogP contribution in [0.3, 0.4) is 0 Å². The minimum absolute atomic E-state index is 0.465. The molecule has 0 atom stereocenters. The summed E-state index contributed by atoms with van der Waals surface area (Å²) in [6, 6.07) is 0. The van der Waals surface area contributed by atoms with E-state index in [1.54, 1.807) is 0 Å². The molecule has 2 N–H and O–H groups in total. The molecule has 1 rings (SSSR count). The second-order valence-corrected chi connectivity index (χ2v) is 3.02. The zero-order valence-electron chi connectivity index (χ0n) is 7.80. The van der Waals surface area contributed by atoms with Gasteiger partial charge in [-0.15, -0.1) is 0 Å². The number of rotatable bonds is 3. The van der Waals surface area contributed by atoms with Gasteiger partial charge in [-0.2, -0.15) is 13.2 Å². The highest BCUT2D eigenvalue weighted by atomic mass is 19.4. The van der Waals surface area contributed by atoms with E-state index < -0.39 is 12.0 Å². The summed E-state index contributed by atoms with van der Waals surface area (Å²) in [4.78, 5) is 3.34. The molecule has 1 heterocycles. The summed E-state index contributed by atoms with van der Waals surface area (Å²) < 4.78 is 37.9. The lowest BCUT2D eigenvalue weighted by Crippen LogP contribution is -2.14. The summed E-state index contributed by atoms with van der Waals surface area (Å²) in [6.45, 7) is 0.465. The maximum absolute atomic E-state index is 12.3. The van der Waals surface area contributed by atoms with Crippen molar-refractivity contribution in [3.8, 4) is 0 Å². The van der Waals surface area contributed by atoms with Crippen LogP contribution in [0.4, 0.5) is 13.2 Å². The van der Waals surface area contributed by atoms with E-state index in [0.717, 1.165) is 4.57 Å². The highest BCUT2D eigenvalue weighted by Gasteiger charge is 2.36. The lowest BCUT2D eigenvalue weighted by molar-refractivity contribution is -0.146. The molecule has 3 nitrogen and oxygen atoms in total. The molecule has 0 fully saturated rings. The molecule has 0 aromatic carbocycles. The largest absolute Gasteiger partial charge is 0.449 e. The molecule has 80 valence electrons. The molecule has 0 spiro atoms. The van der Waals surface area contributed by atoms with E-state index >= 15 is 0 Å². The number of imidazole rings is 1. The number of nitrogens with two attached hydrogens (primary N) is 1. The molecule has 0 aliphatic carbocycles. The minimum Gasteiger partial charge on any atom is -0.330 e. The highest BCUT2D eigenvalue weighted by Crippen LogP contribution is 2.28. The molecule has 0 saturated heterocycles. The van der Waals surface area contributed by atoms with Gasteiger partial charge in [-0.05, 0) is 19.4 Å². The van der Waals surface area contributed by atoms with Gasteiger partial charge in [0, 0.05) is 18.9 Å². The summed E-state index contributed by atoms with van der Waals surface area (Å²) >= 11 is 0. The summed E-state index contributed by atoms with van der Waals surface area (Å²) in [5, 5.41) is 0. The van der Waals surface area contributed by atoms with Crippen LogP contribution in [0.25, 0.3) is 0 Å². The number of hydrogen-bond donors (Lipinski definition) is 1. The van der Waals surface area contributed by atoms with E-state index in [9.17, 15) is 13.2 Å². The van der Waals surface area contributed by atoms with Crippen molar-refractivity contribution in [2.75, 3.05) is 6.54 Å². The Hall–Kier alpha value is -1.04. The van der Waals surface area contributed by atoms with Gasteiger partial charge in [0.1, 0.15) is 0 Å². The summed E-state index contributed by atoms with van der Waals surface area (Å²) in [6.07, 6.45) is -1.94. The van der Waals surface area contributed by atoms with Crippen LogP contribution in [0.1, 0.15) is 17.9 Å². The Morgan fingerprint density at radius 2 is 2.14 bits per heavy atom. The highest BCUT2D eigenvalue weighted by molar-refractivity contribution is 5.07. The SMILES string of the molecule is Cn1c(CCCN)cnc1C(F)(F)F. The lowest BCUT2D eigenvalue weighted by atomic mass is 10.2. The van der Waals surface area contributed by atoms with E-state index in [1.165, 1.54) is 13.2 Å². The number of halogens is 3. The Morgan fingerprint density at radius 3 is 2.57 bits per heavy atom. The monoisotopic (exact) mass is 207 g/mol. The van der Waals surface area contributed by atoms with Crippen LogP contribution in [-0.4, -0.2) is 16.1 Å². The average molecular weight is 207 g/mol. The van der Waals surface area contributed by atoms with E-state index in [0.29, 0.717) is 25.1 Å². The van der Waals surface area contributed by atoms with Gasteiger partial charge in [-0.3, -0.25) is 0 Å². The first-order valence-electron chi connectivity index (χ1n) is 4.24. The van der Waals surface area contributed by atoms with E-state index in [2.05, 4.69) is 4.98 Å². The molecule has 1 aromatic rings. The molecule has 6 heteroatoms. The lowest BCUT2D eigenvalue weighted by Gasteiger charge is -2.07. The standard InChI is InChI=1S/C8H12F3N3/c1-14-6(3-2-4-12)5-13-7(14)8(9,10)11/h5H,2-4,12H2,1H3. The molecule has 0 saturated carbocycles. The van der Waals surface area contributed by atoms with Crippen LogP contribution in [0.15, 0.2) is 6.20 Å². The zero-order chi connectivity index (χ0) is 10.8. The number of aryl methyl sites for hydroxylation is 1. The third kappa shape index (κ3) is 2.25. The molecule has 1 aromatic heterocycles. The first-order chi connectivity index (χ1) is 6.46. The predicted octanol–water partition coefficient (Wildman–Crippen LogP) is 1.33. The average Bonchev–Trinajstić information content (AvgIpc) is 2.42. The van der Waals surface area contributed by atoms with Gasteiger partial charge in [0.05, 0.1) is 0 Å². The molecule has 0 radical (unpaired) electrons. The smallest absolute Gasteiger partial charge is 0.330 e. The molecule has 0 bridgehead atoms. The van der Waals surface area contributed by atoms with Crippen molar-refractivity contribution in [1.82, 2.24) is 9.55 Å². The second-order valence-electron chi connectivity index (χ2n) is 3.02. The second kappa shape index (κ2) is 4.00. The van der Waals surface area contributed by atoms with Crippen molar-refractivity contribution in [2.24, 2.45) is 12.8 Å². The minimum atomic E-state index is -4.38. The van der Waals surface area contributed by atoms with Crippen LogP contribution in [-0.2, 0) is 19.6 Å². The Bertz CT molecular complexity index is 303. The number of nitrogens with zero attached hydrogens (tertiary/aromatic N) is 2. The van der Waals surface area contributed by atoms with Gasteiger partial charge in [0.25, 0.3) is 0 Å². The fourth-order valence-electron chi connectivity index (χ4n) is 1.22. The summed E-state index contributed by atoms with van der Waals surface area (Å²) in [7, 11) is 1.36.